The molecule has 0 saturated carbocycles. The fourth-order valence-electron chi connectivity index (χ4n) is 1.97. The largest absolute Gasteiger partial charge is 0.507 e. The van der Waals surface area contributed by atoms with Gasteiger partial charge in [-0.1, -0.05) is 0 Å². The van der Waals surface area contributed by atoms with E-state index in [1.54, 1.807) is 11.8 Å². The highest BCUT2D eigenvalue weighted by Crippen LogP contribution is 2.37. The molecule has 2 aromatic heterocycles. The maximum Gasteiger partial charge on any atom is 0.507 e. The van der Waals surface area contributed by atoms with Crippen molar-refractivity contribution in [3.05, 3.63) is 23.9 Å². The highest BCUT2D eigenvalue weighted by molar-refractivity contribution is 7.21. The summed E-state index contributed by atoms with van der Waals surface area (Å²) < 4.78 is 18.5. The minimum atomic E-state index is -0.391. The SMILES string of the molecule is CC1(C)OB(c2scnc2-c2ccco2)OC1(C)C. The van der Waals surface area contributed by atoms with E-state index in [1.165, 1.54) is 11.3 Å². The van der Waals surface area contributed by atoms with E-state index in [0.29, 0.717) is 0 Å². The first-order valence-electron chi connectivity index (χ1n) is 6.24. The molecule has 1 aliphatic heterocycles. The zero-order chi connectivity index (χ0) is 13.7. The molecule has 0 aliphatic carbocycles. The van der Waals surface area contributed by atoms with Crippen molar-refractivity contribution in [1.82, 2.24) is 4.98 Å². The lowest BCUT2D eigenvalue weighted by atomic mass is 9.86. The number of furan rings is 1. The van der Waals surface area contributed by atoms with E-state index >= 15 is 0 Å². The third-order valence-corrected chi connectivity index (χ3v) is 4.67. The summed E-state index contributed by atoms with van der Waals surface area (Å²) in [7, 11) is -0.391. The summed E-state index contributed by atoms with van der Waals surface area (Å²) in [6.07, 6.45) is 1.64. The molecule has 0 spiro atoms. The maximum absolute atomic E-state index is 6.05. The molecule has 3 rings (SSSR count). The molecule has 0 aromatic carbocycles. The van der Waals surface area contributed by atoms with Gasteiger partial charge >= 0.3 is 7.12 Å². The Kier molecular flexibility index (Phi) is 2.85. The summed E-state index contributed by atoms with van der Waals surface area (Å²) >= 11 is 1.53. The van der Waals surface area contributed by atoms with Gasteiger partial charge in [-0.15, -0.1) is 11.3 Å². The third kappa shape index (κ3) is 2.04. The van der Waals surface area contributed by atoms with Crippen molar-refractivity contribution in [1.29, 1.82) is 0 Å². The van der Waals surface area contributed by atoms with Crippen LogP contribution in [0.4, 0.5) is 0 Å². The van der Waals surface area contributed by atoms with E-state index in [2.05, 4.69) is 4.98 Å². The molecule has 3 heterocycles. The Morgan fingerprint density at radius 1 is 1.16 bits per heavy atom. The predicted octanol–water partition coefficient (Wildman–Crippen LogP) is 2.70. The molecule has 0 unspecified atom stereocenters. The molecule has 0 N–H and O–H groups in total. The number of aromatic nitrogens is 1. The van der Waals surface area contributed by atoms with Gasteiger partial charge in [-0.25, -0.2) is 4.98 Å². The van der Waals surface area contributed by atoms with E-state index in [9.17, 15) is 0 Å². The highest BCUT2D eigenvalue weighted by atomic mass is 32.1. The van der Waals surface area contributed by atoms with Gasteiger partial charge in [0.2, 0.25) is 0 Å². The van der Waals surface area contributed by atoms with Gasteiger partial charge in [-0.2, -0.15) is 0 Å². The van der Waals surface area contributed by atoms with Gasteiger partial charge in [0.15, 0.2) is 5.76 Å². The van der Waals surface area contributed by atoms with Gasteiger partial charge in [-0.05, 0) is 39.8 Å². The van der Waals surface area contributed by atoms with Crippen LogP contribution in [0.15, 0.2) is 28.3 Å². The second kappa shape index (κ2) is 4.20. The Hall–Kier alpha value is -1.11. The average Bonchev–Trinajstić information content (AvgIpc) is 3.00. The van der Waals surface area contributed by atoms with Gasteiger partial charge in [0.05, 0.1) is 27.8 Å². The van der Waals surface area contributed by atoms with E-state index in [-0.39, 0.29) is 11.2 Å². The first-order chi connectivity index (χ1) is 8.91. The van der Waals surface area contributed by atoms with Crippen LogP contribution < -0.4 is 4.78 Å². The van der Waals surface area contributed by atoms with Crippen LogP contribution in [-0.4, -0.2) is 23.3 Å². The summed E-state index contributed by atoms with van der Waals surface area (Å²) in [5, 5.41) is 0. The van der Waals surface area contributed by atoms with Crippen molar-refractivity contribution >= 4 is 23.2 Å². The van der Waals surface area contributed by atoms with Gasteiger partial charge in [0.1, 0.15) is 5.69 Å². The van der Waals surface area contributed by atoms with Gasteiger partial charge in [-0.3, -0.25) is 0 Å². The molecular formula is C13H16BNO3S. The summed E-state index contributed by atoms with van der Waals surface area (Å²) in [5.74, 6) is 0.742. The number of nitrogens with zero attached hydrogens (tertiary/aromatic N) is 1. The maximum atomic E-state index is 6.05. The van der Waals surface area contributed by atoms with Crippen LogP contribution in [0.3, 0.4) is 0 Å². The van der Waals surface area contributed by atoms with Crippen LogP contribution in [0.2, 0.25) is 0 Å². The molecule has 1 fully saturated rings. The Morgan fingerprint density at radius 2 is 1.84 bits per heavy atom. The molecular weight excluding hydrogens is 261 g/mol. The molecule has 6 heteroatoms. The van der Waals surface area contributed by atoms with Crippen molar-refractivity contribution in [2.24, 2.45) is 0 Å². The zero-order valence-corrected chi connectivity index (χ0v) is 12.3. The van der Waals surface area contributed by atoms with Gasteiger partial charge in [0.25, 0.3) is 0 Å². The van der Waals surface area contributed by atoms with Crippen LogP contribution >= 0.6 is 11.3 Å². The Morgan fingerprint density at radius 3 is 2.42 bits per heavy atom. The molecule has 100 valence electrons. The first kappa shape index (κ1) is 12.9. The molecule has 1 saturated heterocycles. The number of hydrogen-bond acceptors (Lipinski definition) is 5. The van der Waals surface area contributed by atoms with E-state index in [1.807, 2.05) is 39.8 Å². The topological polar surface area (TPSA) is 44.5 Å². The second-order valence-electron chi connectivity index (χ2n) is 5.63. The molecule has 0 atom stereocenters. The molecule has 0 bridgehead atoms. The zero-order valence-electron chi connectivity index (χ0n) is 11.5. The van der Waals surface area contributed by atoms with Gasteiger partial charge < -0.3 is 13.7 Å². The fraction of sp³-hybridized carbons (Fsp3) is 0.462. The van der Waals surface area contributed by atoms with Gasteiger partial charge in [0, 0.05) is 0 Å². The first-order valence-corrected chi connectivity index (χ1v) is 7.11. The summed E-state index contributed by atoms with van der Waals surface area (Å²) in [4.78, 5) is 4.36. The lowest BCUT2D eigenvalue weighted by Crippen LogP contribution is -2.41. The number of rotatable bonds is 2. The van der Waals surface area contributed by atoms with Crippen molar-refractivity contribution < 1.29 is 13.7 Å². The van der Waals surface area contributed by atoms with Crippen LogP contribution in [0.25, 0.3) is 11.5 Å². The summed E-state index contributed by atoms with van der Waals surface area (Å²) in [6.45, 7) is 8.17. The summed E-state index contributed by atoms with van der Waals surface area (Å²) in [5.41, 5.74) is 1.90. The second-order valence-corrected chi connectivity index (χ2v) is 6.52. The van der Waals surface area contributed by atoms with Crippen LogP contribution in [-0.2, 0) is 9.31 Å². The lowest BCUT2D eigenvalue weighted by Gasteiger charge is -2.32. The Bertz CT molecular complexity index is 560. The van der Waals surface area contributed by atoms with Crippen molar-refractivity contribution in [2.75, 3.05) is 0 Å². The molecule has 19 heavy (non-hydrogen) atoms. The quantitative estimate of drug-likeness (QED) is 0.792. The van der Waals surface area contributed by atoms with Crippen molar-refractivity contribution in [3.8, 4) is 11.5 Å². The normalized spacial score (nSPS) is 20.9. The fourth-order valence-corrected chi connectivity index (χ4v) is 2.71. The highest BCUT2D eigenvalue weighted by Gasteiger charge is 2.53. The minimum Gasteiger partial charge on any atom is -0.463 e. The van der Waals surface area contributed by atoms with Crippen LogP contribution in [0, 0.1) is 0 Å². The molecule has 1 aliphatic rings. The lowest BCUT2D eigenvalue weighted by molar-refractivity contribution is 0.00578. The van der Waals surface area contributed by atoms with E-state index in [4.69, 9.17) is 13.7 Å². The smallest absolute Gasteiger partial charge is 0.463 e. The molecule has 2 aromatic rings. The van der Waals surface area contributed by atoms with Crippen molar-refractivity contribution in [2.45, 2.75) is 38.9 Å². The molecule has 0 amide bonds. The van der Waals surface area contributed by atoms with Crippen molar-refractivity contribution in [3.63, 3.8) is 0 Å². The van der Waals surface area contributed by atoms with E-state index in [0.717, 1.165) is 16.2 Å². The van der Waals surface area contributed by atoms with Crippen LogP contribution in [0.1, 0.15) is 27.7 Å². The Labute approximate surface area is 116 Å². The molecule has 4 nitrogen and oxygen atoms in total. The summed E-state index contributed by atoms with van der Waals surface area (Å²) in [6, 6.07) is 3.74. The predicted molar refractivity (Wildman–Crippen MR) is 75.5 cm³/mol. The Balaban J connectivity index is 1.96. The molecule has 0 radical (unpaired) electrons. The van der Waals surface area contributed by atoms with E-state index < -0.39 is 7.12 Å². The van der Waals surface area contributed by atoms with Crippen LogP contribution in [0.5, 0.6) is 0 Å². The third-order valence-electron chi connectivity index (χ3n) is 3.82. The minimum absolute atomic E-state index is 0.345. The standard InChI is InChI=1S/C13H16BNO3S/c1-12(2)13(3,4)18-14(17-12)11-10(15-8-19-11)9-6-5-7-16-9/h5-8H,1-4H3. The number of thiazole rings is 1. The monoisotopic (exact) mass is 277 g/mol. The number of hydrogen-bond donors (Lipinski definition) is 0. The average molecular weight is 277 g/mol.